The van der Waals surface area contributed by atoms with Crippen LogP contribution in [0.2, 0.25) is 0 Å². The first-order valence-corrected chi connectivity index (χ1v) is 7.25. The minimum atomic E-state index is -0.862. The molecule has 1 aliphatic carbocycles. The zero-order valence-corrected chi connectivity index (χ0v) is 12.2. The van der Waals surface area contributed by atoms with Gasteiger partial charge in [-0.15, -0.1) is 0 Å². The number of methoxy groups -OCH3 is 1. The third-order valence-electron chi connectivity index (χ3n) is 4.05. The van der Waals surface area contributed by atoms with Crippen molar-refractivity contribution in [3.63, 3.8) is 0 Å². The Morgan fingerprint density at radius 1 is 1.19 bits per heavy atom. The predicted octanol–water partition coefficient (Wildman–Crippen LogP) is 2.20. The molecule has 0 saturated heterocycles. The lowest BCUT2D eigenvalue weighted by atomic mass is 9.78. The van der Waals surface area contributed by atoms with Crippen LogP contribution >= 0.6 is 0 Å². The Hall–Kier alpha value is -2.04. The number of carbonyl (C=O) groups is 2. The van der Waals surface area contributed by atoms with Gasteiger partial charge < -0.3 is 15.2 Å². The van der Waals surface area contributed by atoms with Gasteiger partial charge in [0.25, 0.3) is 0 Å². The molecule has 1 saturated carbocycles. The second-order valence-electron chi connectivity index (χ2n) is 5.40. The molecular weight excluding hydrogens is 270 g/mol. The van der Waals surface area contributed by atoms with Crippen LogP contribution in [0.3, 0.4) is 0 Å². The summed E-state index contributed by atoms with van der Waals surface area (Å²) in [5.74, 6) is -1.20. The first kappa shape index (κ1) is 15.4. The molecule has 0 unspecified atom stereocenters. The van der Waals surface area contributed by atoms with Crippen molar-refractivity contribution in [3.8, 4) is 5.75 Å². The van der Waals surface area contributed by atoms with Crippen LogP contribution in [0.25, 0.3) is 0 Å². The Morgan fingerprint density at radius 2 is 1.81 bits per heavy atom. The van der Waals surface area contributed by atoms with Gasteiger partial charge in [0.1, 0.15) is 5.75 Å². The lowest BCUT2D eigenvalue weighted by Crippen LogP contribution is -2.39. The van der Waals surface area contributed by atoms with Gasteiger partial charge >= 0.3 is 5.97 Å². The zero-order chi connectivity index (χ0) is 15.2. The summed E-state index contributed by atoms with van der Waals surface area (Å²) in [5, 5.41) is 12.1. The van der Waals surface area contributed by atoms with Crippen LogP contribution in [0, 0.1) is 11.8 Å². The van der Waals surface area contributed by atoms with Crippen molar-refractivity contribution in [2.24, 2.45) is 11.8 Å². The number of nitrogens with one attached hydrogen (secondary N) is 1. The van der Waals surface area contributed by atoms with Gasteiger partial charge in [-0.05, 0) is 30.5 Å². The molecule has 0 aliphatic heterocycles. The van der Waals surface area contributed by atoms with E-state index in [0.717, 1.165) is 24.2 Å². The molecule has 114 valence electrons. The molecule has 5 heteroatoms. The zero-order valence-electron chi connectivity index (χ0n) is 12.2. The maximum atomic E-state index is 12.2. The van der Waals surface area contributed by atoms with Gasteiger partial charge in [-0.25, -0.2) is 0 Å². The highest BCUT2D eigenvalue weighted by Gasteiger charge is 2.35. The summed E-state index contributed by atoms with van der Waals surface area (Å²) in [7, 11) is 1.60. The highest BCUT2D eigenvalue weighted by atomic mass is 16.5. The molecule has 0 spiro atoms. The summed E-state index contributed by atoms with van der Waals surface area (Å²) in [6.45, 7) is 0.408. The number of carbonyl (C=O) groups excluding carboxylic acids is 1. The van der Waals surface area contributed by atoms with Crippen LogP contribution in [0.15, 0.2) is 24.3 Å². The maximum Gasteiger partial charge on any atom is 0.307 e. The van der Waals surface area contributed by atoms with Crippen molar-refractivity contribution in [3.05, 3.63) is 29.8 Å². The van der Waals surface area contributed by atoms with Crippen molar-refractivity contribution in [2.45, 2.75) is 32.2 Å². The topological polar surface area (TPSA) is 75.6 Å². The molecular formula is C16H21NO4. The van der Waals surface area contributed by atoms with E-state index >= 15 is 0 Å². The Kier molecular flexibility index (Phi) is 5.20. The molecule has 1 aliphatic rings. The first-order chi connectivity index (χ1) is 10.1. The van der Waals surface area contributed by atoms with Gasteiger partial charge in [0.2, 0.25) is 5.91 Å². The lowest BCUT2D eigenvalue weighted by molar-refractivity contribution is -0.148. The lowest BCUT2D eigenvalue weighted by Gasteiger charge is -2.27. The number of ether oxygens (including phenoxy) is 1. The van der Waals surface area contributed by atoms with Crippen LogP contribution in [0.4, 0.5) is 0 Å². The number of rotatable bonds is 5. The van der Waals surface area contributed by atoms with Crippen LogP contribution in [0.5, 0.6) is 5.75 Å². The third-order valence-corrected chi connectivity index (χ3v) is 4.05. The van der Waals surface area contributed by atoms with E-state index in [0.29, 0.717) is 19.4 Å². The summed E-state index contributed by atoms with van der Waals surface area (Å²) >= 11 is 0. The number of amides is 1. The number of hydrogen-bond acceptors (Lipinski definition) is 3. The van der Waals surface area contributed by atoms with Crippen LogP contribution in [-0.2, 0) is 16.1 Å². The number of carboxylic acids is 1. The smallest absolute Gasteiger partial charge is 0.307 e. The normalized spacial score (nSPS) is 21.6. The molecule has 21 heavy (non-hydrogen) atoms. The molecule has 0 aromatic heterocycles. The summed E-state index contributed by atoms with van der Waals surface area (Å²) in [6, 6.07) is 7.44. The van der Waals surface area contributed by atoms with E-state index in [9.17, 15) is 14.7 Å². The molecule has 0 bridgehead atoms. The molecule has 1 aromatic rings. The summed E-state index contributed by atoms with van der Waals surface area (Å²) in [4.78, 5) is 23.4. The van der Waals surface area contributed by atoms with E-state index in [1.165, 1.54) is 0 Å². The minimum absolute atomic E-state index is 0.155. The number of hydrogen-bond donors (Lipinski definition) is 2. The van der Waals surface area contributed by atoms with E-state index in [1.807, 2.05) is 24.3 Å². The molecule has 1 fully saturated rings. The van der Waals surface area contributed by atoms with Crippen molar-refractivity contribution in [1.29, 1.82) is 0 Å². The Bertz CT molecular complexity index is 498. The first-order valence-electron chi connectivity index (χ1n) is 7.25. The molecule has 1 amide bonds. The van der Waals surface area contributed by atoms with Crippen molar-refractivity contribution >= 4 is 11.9 Å². The van der Waals surface area contributed by atoms with E-state index in [4.69, 9.17) is 4.74 Å². The van der Waals surface area contributed by atoms with E-state index in [2.05, 4.69) is 5.32 Å². The summed E-state index contributed by atoms with van der Waals surface area (Å²) < 4.78 is 5.08. The van der Waals surface area contributed by atoms with E-state index in [-0.39, 0.29) is 5.91 Å². The maximum absolute atomic E-state index is 12.2. The highest BCUT2D eigenvalue weighted by Crippen LogP contribution is 2.30. The van der Waals surface area contributed by atoms with Gasteiger partial charge in [-0.1, -0.05) is 25.0 Å². The van der Waals surface area contributed by atoms with Crippen molar-refractivity contribution < 1.29 is 19.4 Å². The molecule has 5 nitrogen and oxygen atoms in total. The van der Waals surface area contributed by atoms with Gasteiger partial charge in [0, 0.05) is 6.54 Å². The molecule has 2 N–H and O–H groups in total. The monoisotopic (exact) mass is 291 g/mol. The average Bonchev–Trinajstić information content (AvgIpc) is 2.53. The van der Waals surface area contributed by atoms with Crippen LogP contribution < -0.4 is 10.1 Å². The number of aliphatic carboxylic acids is 1. The fourth-order valence-corrected chi connectivity index (χ4v) is 2.80. The van der Waals surface area contributed by atoms with Crippen molar-refractivity contribution in [1.82, 2.24) is 5.32 Å². The Morgan fingerprint density at radius 3 is 2.38 bits per heavy atom. The van der Waals surface area contributed by atoms with Crippen molar-refractivity contribution in [2.75, 3.05) is 7.11 Å². The summed E-state index contributed by atoms with van der Waals surface area (Å²) in [5.41, 5.74) is 0.965. The van der Waals surface area contributed by atoms with Crippen LogP contribution in [0.1, 0.15) is 31.2 Å². The average molecular weight is 291 g/mol. The predicted molar refractivity (Wildman–Crippen MR) is 77.9 cm³/mol. The minimum Gasteiger partial charge on any atom is -0.497 e. The third kappa shape index (κ3) is 3.97. The molecule has 1 aromatic carbocycles. The fourth-order valence-electron chi connectivity index (χ4n) is 2.80. The van der Waals surface area contributed by atoms with E-state index in [1.54, 1.807) is 7.11 Å². The summed E-state index contributed by atoms with van der Waals surface area (Å²) in [6.07, 6.45) is 3.06. The molecule has 2 atom stereocenters. The molecule has 2 rings (SSSR count). The van der Waals surface area contributed by atoms with E-state index < -0.39 is 17.8 Å². The SMILES string of the molecule is COc1ccc(CNC(=O)[C@H]2CCCC[C@@H]2C(=O)O)cc1. The molecule has 0 heterocycles. The van der Waals surface area contributed by atoms with Gasteiger partial charge in [0.15, 0.2) is 0 Å². The van der Waals surface area contributed by atoms with Crippen LogP contribution in [-0.4, -0.2) is 24.1 Å². The molecule has 0 radical (unpaired) electrons. The van der Waals surface area contributed by atoms with Gasteiger partial charge in [-0.3, -0.25) is 9.59 Å². The number of benzene rings is 1. The Labute approximate surface area is 124 Å². The second-order valence-corrected chi connectivity index (χ2v) is 5.40. The quantitative estimate of drug-likeness (QED) is 0.872. The largest absolute Gasteiger partial charge is 0.497 e. The Balaban J connectivity index is 1.91. The highest BCUT2D eigenvalue weighted by molar-refractivity contribution is 5.84. The second kappa shape index (κ2) is 7.11. The fraction of sp³-hybridized carbons (Fsp3) is 0.500. The standard InChI is InChI=1S/C16H21NO4/c1-21-12-8-6-11(7-9-12)10-17-15(18)13-4-2-3-5-14(13)16(19)20/h6-9,13-14H,2-5,10H2,1H3,(H,17,18)(H,19,20)/t13-,14-/m0/s1. The van der Waals surface area contributed by atoms with Gasteiger partial charge in [-0.2, -0.15) is 0 Å². The number of carboxylic acid groups (broad SMARTS) is 1. The van der Waals surface area contributed by atoms with Gasteiger partial charge in [0.05, 0.1) is 18.9 Å².